The van der Waals surface area contributed by atoms with Crippen LogP contribution >= 0.6 is 11.6 Å². The number of H-pyrrole nitrogens is 1. The Kier molecular flexibility index (Phi) is 4.27. The van der Waals surface area contributed by atoms with Crippen LogP contribution in [-0.2, 0) is 23.2 Å². The zero-order chi connectivity index (χ0) is 21.8. The van der Waals surface area contributed by atoms with Crippen LogP contribution in [0.25, 0.3) is 0 Å². The van der Waals surface area contributed by atoms with Crippen molar-refractivity contribution in [1.29, 1.82) is 5.26 Å². The van der Waals surface area contributed by atoms with Crippen molar-refractivity contribution in [2.75, 3.05) is 4.90 Å². The van der Waals surface area contributed by atoms with E-state index in [1.807, 2.05) is 43.3 Å². The van der Waals surface area contributed by atoms with Gasteiger partial charge in [-0.25, -0.2) is 0 Å². The molecule has 0 radical (unpaired) electrons. The summed E-state index contributed by atoms with van der Waals surface area (Å²) in [6.45, 7) is 2.27. The summed E-state index contributed by atoms with van der Waals surface area (Å²) in [5.74, 6) is -0.144. The summed E-state index contributed by atoms with van der Waals surface area (Å²) >= 11 is 6.02. The van der Waals surface area contributed by atoms with Crippen LogP contribution in [0.4, 0.5) is 5.69 Å². The summed E-state index contributed by atoms with van der Waals surface area (Å²) in [7, 11) is 0. The van der Waals surface area contributed by atoms with Crippen LogP contribution in [0.2, 0.25) is 5.02 Å². The molecule has 1 aromatic heterocycles. The minimum atomic E-state index is -1.41. The van der Waals surface area contributed by atoms with Gasteiger partial charge >= 0.3 is 0 Å². The van der Waals surface area contributed by atoms with Crippen molar-refractivity contribution in [3.63, 3.8) is 0 Å². The second-order valence-corrected chi connectivity index (χ2v) is 7.91. The Balaban J connectivity index is 1.78. The summed E-state index contributed by atoms with van der Waals surface area (Å²) in [6.07, 6.45) is 0.582. The number of halogens is 1. The molecule has 3 heterocycles. The number of anilines is 1. The van der Waals surface area contributed by atoms with Crippen molar-refractivity contribution in [2.24, 2.45) is 5.73 Å². The number of nitrogens with zero attached hydrogens (tertiary/aromatic N) is 3. The number of fused-ring (bicyclic) bond motifs is 4. The van der Waals surface area contributed by atoms with E-state index in [9.17, 15) is 10.1 Å². The van der Waals surface area contributed by atoms with Gasteiger partial charge in [0.2, 0.25) is 17.7 Å². The Morgan fingerprint density at radius 3 is 2.71 bits per heavy atom. The van der Waals surface area contributed by atoms with E-state index in [1.54, 1.807) is 17.0 Å². The third kappa shape index (κ3) is 2.52. The maximum Gasteiger partial charge on any atom is 0.248 e. The molecule has 154 valence electrons. The summed E-state index contributed by atoms with van der Waals surface area (Å²) in [6, 6.07) is 17.0. The lowest BCUT2D eigenvalue weighted by Crippen LogP contribution is -2.46. The molecule has 1 amide bonds. The maximum atomic E-state index is 14.2. The average molecular weight is 432 g/mol. The molecule has 0 aliphatic carbocycles. The highest BCUT2D eigenvalue weighted by Gasteiger charge is 2.60. The van der Waals surface area contributed by atoms with E-state index >= 15 is 0 Å². The number of amides is 1. The number of nitrogens with one attached hydrogen (secondary N) is 1. The summed E-state index contributed by atoms with van der Waals surface area (Å²) in [5.41, 5.74) is 8.41. The number of nitrogens with two attached hydrogens (primary N) is 1. The van der Waals surface area contributed by atoms with Gasteiger partial charge in [-0.2, -0.15) is 5.26 Å². The highest BCUT2D eigenvalue weighted by molar-refractivity contribution is 6.30. The van der Waals surface area contributed by atoms with Crippen LogP contribution in [0.3, 0.4) is 0 Å². The van der Waals surface area contributed by atoms with Gasteiger partial charge in [-0.1, -0.05) is 48.9 Å². The first kappa shape index (κ1) is 19.2. The zero-order valence-corrected chi connectivity index (χ0v) is 17.4. The van der Waals surface area contributed by atoms with Gasteiger partial charge < -0.3 is 15.4 Å². The van der Waals surface area contributed by atoms with E-state index in [-0.39, 0.29) is 23.2 Å². The van der Waals surface area contributed by atoms with E-state index in [1.165, 1.54) is 0 Å². The van der Waals surface area contributed by atoms with Crippen LogP contribution in [0.15, 0.2) is 60.0 Å². The average Bonchev–Trinajstić information content (AvgIpc) is 3.29. The minimum absolute atomic E-state index is 0.0761. The van der Waals surface area contributed by atoms with Crippen LogP contribution in [0.5, 0.6) is 5.88 Å². The van der Waals surface area contributed by atoms with Crippen LogP contribution in [0.1, 0.15) is 29.3 Å². The molecule has 0 unspecified atom stereocenters. The van der Waals surface area contributed by atoms with Crippen LogP contribution in [0, 0.1) is 11.3 Å². The lowest BCUT2D eigenvalue weighted by atomic mass is 9.69. The fourth-order valence-corrected chi connectivity index (χ4v) is 4.67. The number of hydrogen-bond acceptors (Lipinski definition) is 5. The van der Waals surface area contributed by atoms with Crippen molar-refractivity contribution >= 4 is 23.2 Å². The SMILES string of the molecule is CCc1[nH]nc2c1[C@@]1(C(=O)N(Cc3ccc(Cl)cc3)c3ccccc31)C(C#N)=C(N)O2. The van der Waals surface area contributed by atoms with E-state index < -0.39 is 5.41 Å². The second-order valence-electron chi connectivity index (χ2n) is 7.47. The van der Waals surface area contributed by atoms with Crippen LogP contribution in [-0.4, -0.2) is 16.1 Å². The van der Waals surface area contributed by atoms with Crippen molar-refractivity contribution in [3.05, 3.63) is 87.4 Å². The Labute approximate surface area is 183 Å². The monoisotopic (exact) mass is 431 g/mol. The fraction of sp³-hybridized carbons (Fsp3) is 0.174. The number of carbonyl (C=O) groups excluding carboxylic acids is 1. The van der Waals surface area contributed by atoms with Gasteiger partial charge in [-0.05, 0) is 30.2 Å². The normalized spacial score (nSPS) is 19.3. The highest BCUT2D eigenvalue weighted by atomic mass is 35.5. The van der Waals surface area contributed by atoms with Crippen LogP contribution < -0.4 is 15.4 Å². The predicted octanol–water partition coefficient (Wildman–Crippen LogP) is 3.54. The summed E-state index contributed by atoms with van der Waals surface area (Å²) < 4.78 is 5.64. The molecule has 0 fully saturated rings. The number of rotatable bonds is 3. The smallest absolute Gasteiger partial charge is 0.248 e. The Morgan fingerprint density at radius 1 is 1.26 bits per heavy atom. The van der Waals surface area contributed by atoms with Gasteiger partial charge in [0, 0.05) is 22.0 Å². The first-order valence-electron chi connectivity index (χ1n) is 9.84. The third-order valence-electron chi connectivity index (χ3n) is 5.90. The first-order chi connectivity index (χ1) is 15.0. The predicted molar refractivity (Wildman–Crippen MR) is 115 cm³/mol. The number of nitriles is 1. The topological polar surface area (TPSA) is 108 Å². The largest absolute Gasteiger partial charge is 0.420 e. The summed E-state index contributed by atoms with van der Waals surface area (Å²) in [5, 5.41) is 17.9. The molecule has 2 aliphatic rings. The van der Waals surface area contributed by atoms with Gasteiger partial charge in [0.05, 0.1) is 12.1 Å². The van der Waals surface area contributed by atoms with E-state index in [0.29, 0.717) is 29.1 Å². The zero-order valence-electron chi connectivity index (χ0n) is 16.6. The highest BCUT2D eigenvalue weighted by Crippen LogP contribution is 2.55. The van der Waals surface area contributed by atoms with Crippen molar-refractivity contribution < 1.29 is 9.53 Å². The van der Waals surface area contributed by atoms with E-state index in [2.05, 4.69) is 16.3 Å². The molecule has 1 spiro atoms. The van der Waals surface area contributed by atoms with Gasteiger partial charge in [0.15, 0.2) is 0 Å². The molecule has 5 rings (SSSR count). The van der Waals surface area contributed by atoms with Gasteiger partial charge in [0.25, 0.3) is 0 Å². The molecule has 3 N–H and O–H groups in total. The Bertz CT molecular complexity index is 1290. The Morgan fingerprint density at radius 2 is 2.00 bits per heavy atom. The molecule has 7 nitrogen and oxygen atoms in total. The Hall–Kier alpha value is -3.76. The molecule has 1 atom stereocenters. The number of benzene rings is 2. The summed E-state index contributed by atoms with van der Waals surface area (Å²) in [4.78, 5) is 15.9. The molecule has 0 saturated carbocycles. The lowest BCUT2D eigenvalue weighted by Gasteiger charge is -2.32. The number of aromatic amines is 1. The number of aromatic nitrogens is 2. The molecule has 2 aliphatic heterocycles. The lowest BCUT2D eigenvalue weighted by molar-refractivity contribution is -0.121. The van der Waals surface area contributed by atoms with E-state index in [4.69, 9.17) is 22.1 Å². The quantitative estimate of drug-likeness (QED) is 0.659. The molecular weight excluding hydrogens is 414 g/mol. The van der Waals surface area contributed by atoms with Crippen molar-refractivity contribution in [1.82, 2.24) is 10.2 Å². The minimum Gasteiger partial charge on any atom is -0.420 e. The second kappa shape index (κ2) is 6.89. The number of hydrogen-bond donors (Lipinski definition) is 2. The number of aryl methyl sites for hydroxylation is 1. The molecular formula is C23H18ClN5O2. The third-order valence-corrected chi connectivity index (χ3v) is 6.15. The first-order valence-corrected chi connectivity index (χ1v) is 10.2. The van der Waals surface area contributed by atoms with Gasteiger partial charge in [-0.3, -0.25) is 9.89 Å². The standard InChI is InChI=1S/C23H18ClN5O2/c1-2-17-19-21(28-27-17)31-20(26)16(11-25)23(19)15-5-3-4-6-18(15)29(22(23)30)12-13-7-9-14(24)10-8-13/h3-10H,2,12,26H2,1H3,(H,27,28)/t23-/m0/s1. The molecule has 3 aromatic rings. The maximum absolute atomic E-state index is 14.2. The van der Waals surface area contributed by atoms with Crippen molar-refractivity contribution in [3.8, 4) is 11.9 Å². The molecule has 31 heavy (non-hydrogen) atoms. The van der Waals surface area contributed by atoms with Gasteiger partial charge in [0.1, 0.15) is 17.1 Å². The number of ether oxygens (including phenoxy) is 1. The van der Waals surface area contributed by atoms with Gasteiger partial charge in [-0.15, -0.1) is 5.10 Å². The molecule has 0 saturated heterocycles. The fourth-order valence-electron chi connectivity index (χ4n) is 4.55. The number of para-hydroxylation sites is 1. The number of carbonyl (C=O) groups is 1. The molecule has 8 heteroatoms. The molecule has 2 aromatic carbocycles. The van der Waals surface area contributed by atoms with Crippen molar-refractivity contribution in [2.45, 2.75) is 25.3 Å². The molecule has 0 bridgehead atoms. The van der Waals surface area contributed by atoms with E-state index in [0.717, 1.165) is 16.9 Å².